The fraction of sp³-hybridized carbons (Fsp3) is 0.486. The summed E-state index contributed by atoms with van der Waals surface area (Å²) in [5.74, 6) is -3.05. The number of carbonyl (C=O) groups is 7. The number of nitrogens with one attached hydrogen (secondary N) is 3. The van der Waals surface area contributed by atoms with Crippen molar-refractivity contribution in [3.63, 3.8) is 0 Å². The molecular formula is C37H51N5O14P2. The van der Waals surface area contributed by atoms with Gasteiger partial charge in [0.05, 0.1) is 25.2 Å². The highest BCUT2D eigenvalue weighted by atomic mass is 31.2. The van der Waals surface area contributed by atoms with Crippen LogP contribution in [0.1, 0.15) is 80.0 Å². The minimum Gasteiger partial charge on any atom is -0.356 e. The average Bonchev–Trinajstić information content (AvgIpc) is 3.44. The van der Waals surface area contributed by atoms with Crippen molar-refractivity contribution < 1.29 is 67.1 Å². The van der Waals surface area contributed by atoms with Gasteiger partial charge in [-0.05, 0) is 41.5 Å². The number of carbonyl (C=O) groups excluding carboxylic acids is 7. The molecule has 0 spiro atoms. The predicted octanol–water partition coefficient (Wildman–Crippen LogP) is 1.34. The number of amides is 6. The van der Waals surface area contributed by atoms with E-state index < -0.39 is 45.3 Å². The van der Waals surface area contributed by atoms with Crippen molar-refractivity contribution in [1.29, 1.82) is 0 Å². The van der Waals surface area contributed by atoms with Crippen LogP contribution >= 0.6 is 15.2 Å². The summed E-state index contributed by atoms with van der Waals surface area (Å²) in [5, 5.41) is 8.75. The molecule has 58 heavy (non-hydrogen) atoms. The molecule has 3 rings (SSSR count). The van der Waals surface area contributed by atoms with E-state index in [2.05, 4.69) is 16.0 Å². The van der Waals surface area contributed by atoms with E-state index in [4.69, 9.17) is 24.4 Å². The van der Waals surface area contributed by atoms with Crippen molar-refractivity contribution in [3.05, 3.63) is 70.8 Å². The normalized spacial score (nSPS) is 12.9. The minimum absolute atomic E-state index is 0.00640. The molecule has 19 nitrogen and oxygen atoms in total. The second kappa shape index (κ2) is 23.6. The Hall–Kier alpha value is -4.77. The molecule has 0 saturated carbocycles. The fourth-order valence-corrected chi connectivity index (χ4v) is 7.14. The molecule has 0 radical (unpaired) electrons. The Morgan fingerprint density at radius 3 is 1.50 bits per heavy atom. The molecule has 1 aliphatic rings. The van der Waals surface area contributed by atoms with Crippen LogP contribution in [-0.2, 0) is 72.7 Å². The third kappa shape index (κ3) is 19.6. The largest absolute Gasteiger partial charge is 0.356 e. The van der Waals surface area contributed by atoms with Crippen LogP contribution < -0.4 is 16.0 Å². The number of hydrogen-bond acceptors (Lipinski definition) is 10. The molecule has 0 unspecified atom stereocenters. The second-order valence-corrected chi connectivity index (χ2v) is 17.1. The number of benzene rings is 2. The first-order valence-corrected chi connectivity index (χ1v) is 22.4. The van der Waals surface area contributed by atoms with Crippen LogP contribution in [0.15, 0.2) is 48.5 Å². The number of unbranched alkanes of at least 4 members (excludes halogenated alkanes) is 2. The maximum atomic E-state index is 13.2. The van der Waals surface area contributed by atoms with Crippen LogP contribution in [0, 0.1) is 0 Å². The number of hydroxylamine groups is 2. The smallest absolute Gasteiger partial charge is 0.333 e. The lowest BCUT2D eigenvalue weighted by Gasteiger charge is -2.23. The second-order valence-electron chi connectivity index (χ2n) is 13.8. The Morgan fingerprint density at radius 2 is 1.03 bits per heavy atom. The molecule has 1 fully saturated rings. The van der Waals surface area contributed by atoms with E-state index in [0.717, 1.165) is 0 Å². The Morgan fingerprint density at radius 1 is 0.586 bits per heavy atom. The Balaban J connectivity index is 1.41. The lowest BCUT2D eigenvalue weighted by Crippen LogP contribution is -2.43. The molecule has 1 heterocycles. The first kappa shape index (κ1) is 47.6. The van der Waals surface area contributed by atoms with Crippen molar-refractivity contribution in [2.24, 2.45) is 0 Å². The highest BCUT2D eigenvalue weighted by Crippen LogP contribution is 2.39. The molecule has 2 aromatic carbocycles. The van der Waals surface area contributed by atoms with Crippen molar-refractivity contribution in [2.75, 3.05) is 32.7 Å². The zero-order valence-electron chi connectivity index (χ0n) is 32.0. The van der Waals surface area contributed by atoms with Gasteiger partial charge < -0.3 is 45.3 Å². The van der Waals surface area contributed by atoms with Gasteiger partial charge in [-0.25, -0.2) is 4.79 Å². The number of rotatable bonds is 25. The zero-order valence-corrected chi connectivity index (χ0v) is 33.8. The number of nitrogens with zero attached hydrogens (tertiary/aromatic N) is 2. The van der Waals surface area contributed by atoms with Gasteiger partial charge in [0.2, 0.25) is 23.6 Å². The Labute approximate surface area is 335 Å². The van der Waals surface area contributed by atoms with Crippen LogP contribution in [0.4, 0.5) is 0 Å². The highest BCUT2D eigenvalue weighted by Gasteiger charge is 2.32. The SMILES string of the molecule is O=C(CCCC(=O)N(CCNC(=O)Cc1ccc(CP(=O)(O)O)cc1)CCNC(=O)Cc1ccc(CP(=O)(O)O)cc1)NCCCCCC(=O)ON1C(=O)CCC1=O. The van der Waals surface area contributed by atoms with E-state index in [9.17, 15) is 42.7 Å². The average molecular weight is 852 g/mol. The van der Waals surface area contributed by atoms with Crippen LogP contribution in [0.25, 0.3) is 0 Å². The molecule has 6 amide bonds. The van der Waals surface area contributed by atoms with Gasteiger partial charge in [0.15, 0.2) is 0 Å². The Bertz CT molecular complexity index is 1740. The molecule has 2 aromatic rings. The van der Waals surface area contributed by atoms with E-state index in [-0.39, 0.29) is 101 Å². The van der Waals surface area contributed by atoms with E-state index >= 15 is 0 Å². The third-order valence-corrected chi connectivity index (χ3v) is 10.2. The van der Waals surface area contributed by atoms with Crippen molar-refractivity contribution >= 4 is 56.6 Å². The summed E-state index contributed by atoms with van der Waals surface area (Å²) in [6.07, 6.45) is 1.07. The van der Waals surface area contributed by atoms with E-state index in [1.165, 1.54) is 29.2 Å². The molecule has 1 saturated heterocycles. The van der Waals surface area contributed by atoms with Crippen molar-refractivity contribution in [1.82, 2.24) is 25.9 Å². The number of imide groups is 1. The van der Waals surface area contributed by atoms with Crippen LogP contribution in [0.5, 0.6) is 0 Å². The summed E-state index contributed by atoms with van der Waals surface area (Å²) in [7, 11) is -8.47. The minimum atomic E-state index is -4.23. The van der Waals surface area contributed by atoms with Gasteiger partial charge in [-0.2, -0.15) is 0 Å². The van der Waals surface area contributed by atoms with E-state index in [0.29, 0.717) is 53.1 Å². The summed E-state index contributed by atoms with van der Waals surface area (Å²) in [6, 6.07) is 12.5. The maximum Gasteiger partial charge on any atom is 0.333 e. The topological polar surface area (TPSA) is 286 Å². The van der Waals surface area contributed by atoms with Gasteiger partial charge in [0, 0.05) is 64.8 Å². The third-order valence-electron chi connectivity index (χ3n) is 8.69. The molecule has 21 heteroatoms. The monoisotopic (exact) mass is 851 g/mol. The predicted molar refractivity (Wildman–Crippen MR) is 207 cm³/mol. The van der Waals surface area contributed by atoms with Gasteiger partial charge in [-0.1, -0.05) is 55.0 Å². The van der Waals surface area contributed by atoms with Gasteiger partial charge >= 0.3 is 21.2 Å². The quantitative estimate of drug-likeness (QED) is 0.0422. The van der Waals surface area contributed by atoms with Crippen LogP contribution in [0.2, 0.25) is 0 Å². The first-order valence-electron chi connectivity index (χ1n) is 18.8. The molecule has 0 bridgehead atoms. The summed E-state index contributed by atoms with van der Waals surface area (Å²) < 4.78 is 22.5. The van der Waals surface area contributed by atoms with Crippen molar-refractivity contribution in [3.8, 4) is 0 Å². The van der Waals surface area contributed by atoms with Gasteiger partial charge in [-0.3, -0.25) is 37.9 Å². The van der Waals surface area contributed by atoms with Gasteiger partial charge in [0.1, 0.15) is 0 Å². The molecule has 0 aliphatic carbocycles. The standard InChI is InChI=1S/C37H51N5O14P2/c43-31(38-18-3-1-2-7-37(49)56-42-35(47)16-17-36(42)48)5-4-6-34(46)41(21-19-39-32(44)23-27-8-12-29(13-9-27)25-57(50,51)52)22-20-40-33(45)24-28-10-14-30(15-11-28)26-58(53,54)55/h8-15H,1-7,16-26H2,(H,38,43)(H,39,44)(H,40,45)(H2,50,51,52)(H2,53,54,55). The molecule has 318 valence electrons. The zero-order chi connectivity index (χ0) is 42.7. The first-order chi connectivity index (χ1) is 27.4. The van der Waals surface area contributed by atoms with Gasteiger partial charge in [-0.15, -0.1) is 5.06 Å². The summed E-state index contributed by atoms with van der Waals surface area (Å²) in [4.78, 5) is 129. The highest BCUT2D eigenvalue weighted by molar-refractivity contribution is 7.51. The molecule has 7 N–H and O–H groups in total. The fourth-order valence-electron chi connectivity index (χ4n) is 5.77. The summed E-state index contributed by atoms with van der Waals surface area (Å²) in [5.41, 5.74) is 2.09. The van der Waals surface area contributed by atoms with Crippen LogP contribution in [-0.4, -0.2) is 104 Å². The maximum absolute atomic E-state index is 13.2. The summed E-state index contributed by atoms with van der Waals surface area (Å²) in [6.45, 7) is 0.719. The lowest BCUT2D eigenvalue weighted by molar-refractivity contribution is -0.197. The van der Waals surface area contributed by atoms with Gasteiger partial charge in [0.25, 0.3) is 11.8 Å². The van der Waals surface area contributed by atoms with E-state index in [1.54, 1.807) is 24.3 Å². The number of hydrogen-bond donors (Lipinski definition) is 7. The molecule has 0 atom stereocenters. The molecular weight excluding hydrogens is 800 g/mol. The summed E-state index contributed by atoms with van der Waals surface area (Å²) >= 11 is 0. The van der Waals surface area contributed by atoms with E-state index in [1.807, 2.05) is 0 Å². The van der Waals surface area contributed by atoms with Crippen LogP contribution in [0.3, 0.4) is 0 Å². The lowest BCUT2D eigenvalue weighted by atomic mass is 10.1. The molecule has 1 aliphatic heterocycles. The van der Waals surface area contributed by atoms with Crippen molar-refractivity contribution in [2.45, 2.75) is 83.0 Å². The Kier molecular flexibility index (Phi) is 19.4. The molecule has 0 aromatic heterocycles.